The van der Waals surface area contributed by atoms with Gasteiger partial charge in [-0.2, -0.15) is 0 Å². The number of aryl methyl sites for hydroxylation is 1. The Morgan fingerprint density at radius 2 is 1.94 bits per heavy atom. The highest BCUT2D eigenvalue weighted by molar-refractivity contribution is 5.90. The number of unbranched alkanes of at least 4 members (excludes halogenated alkanes) is 1. The molecule has 0 fully saturated rings. The van der Waals surface area contributed by atoms with Gasteiger partial charge in [0.25, 0.3) is 0 Å². The van der Waals surface area contributed by atoms with Gasteiger partial charge in [0, 0.05) is 12.2 Å². The predicted octanol–water partition coefficient (Wildman–Crippen LogP) is 3.56. The van der Waals surface area contributed by atoms with Crippen LogP contribution in [0.1, 0.15) is 38.7 Å². The Bertz CT molecular complexity index is 350. The summed E-state index contributed by atoms with van der Waals surface area (Å²) in [6.07, 6.45) is 4.18. The summed E-state index contributed by atoms with van der Waals surface area (Å²) >= 11 is 0. The lowest BCUT2D eigenvalue weighted by molar-refractivity contribution is 0.252. The number of carbonyl (C=O) groups excluding carboxylic acids is 1. The van der Waals surface area contributed by atoms with E-state index < -0.39 is 0 Å². The van der Waals surface area contributed by atoms with Gasteiger partial charge in [-0.25, -0.2) is 4.79 Å². The first-order chi connectivity index (χ1) is 8.27. The molecule has 0 heterocycles. The van der Waals surface area contributed by atoms with Gasteiger partial charge in [0.15, 0.2) is 0 Å². The van der Waals surface area contributed by atoms with Crippen LogP contribution in [-0.4, -0.2) is 12.6 Å². The highest BCUT2D eigenvalue weighted by Crippen LogP contribution is 2.16. The first-order valence-electron chi connectivity index (χ1n) is 6.40. The Balaban J connectivity index is 2.52. The lowest BCUT2D eigenvalue weighted by atomic mass is 10.1. The molecule has 1 aromatic carbocycles. The largest absolute Gasteiger partial charge is 0.338 e. The average molecular weight is 234 g/mol. The maximum absolute atomic E-state index is 11.6. The molecule has 0 bridgehead atoms. The molecule has 1 aromatic rings. The van der Waals surface area contributed by atoms with Crippen molar-refractivity contribution in [3.05, 3.63) is 29.8 Å². The van der Waals surface area contributed by atoms with E-state index in [1.165, 1.54) is 5.56 Å². The van der Waals surface area contributed by atoms with Crippen LogP contribution in [0.2, 0.25) is 0 Å². The molecule has 1 rings (SSSR count). The summed E-state index contributed by atoms with van der Waals surface area (Å²) in [5.41, 5.74) is 2.11. The molecule has 3 nitrogen and oxygen atoms in total. The van der Waals surface area contributed by atoms with Crippen LogP contribution in [0.25, 0.3) is 0 Å². The second-order valence-electron chi connectivity index (χ2n) is 4.14. The number of hydrogen-bond donors (Lipinski definition) is 2. The minimum atomic E-state index is -0.109. The zero-order valence-corrected chi connectivity index (χ0v) is 10.8. The molecule has 0 saturated heterocycles. The number of benzene rings is 1. The fraction of sp³-hybridized carbons (Fsp3) is 0.500. The number of para-hydroxylation sites is 1. The van der Waals surface area contributed by atoms with Crippen molar-refractivity contribution in [1.82, 2.24) is 5.32 Å². The molecule has 0 aliphatic rings. The lowest BCUT2D eigenvalue weighted by Crippen LogP contribution is -2.29. The van der Waals surface area contributed by atoms with E-state index in [4.69, 9.17) is 0 Å². The van der Waals surface area contributed by atoms with Gasteiger partial charge in [-0.05, 0) is 24.5 Å². The first kappa shape index (κ1) is 13.6. The van der Waals surface area contributed by atoms with Crippen molar-refractivity contribution in [3.63, 3.8) is 0 Å². The minimum Gasteiger partial charge on any atom is -0.338 e. The molecule has 0 radical (unpaired) electrons. The Labute approximate surface area is 104 Å². The molecular formula is C14H22N2O. The molecule has 94 valence electrons. The van der Waals surface area contributed by atoms with Crippen LogP contribution < -0.4 is 10.6 Å². The summed E-state index contributed by atoms with van der Waals surface area (Å²) in [6.45, 7) is 4.98. The summed E-state index contributed by atoms with van der Waals surface area (Å²) in [5.74, 6) is 0. The molecule has 2 N–H and O–H groups in total. The monoisotopic (exact) mass is 234 g/mol. The maximum atomic E-state index is 11.6. The van der Waals surface area contributed by atoms with E-state index in [0.717, 1.165) is 37.9 Å². The fourth-order valence-electron chi connectivity index (χ4n) is 1.67. The van der Waals surface area contributed by atoms with Crippen molar-refractivity contribution < 1.29 is 4.79 Å². The van der Waals surface area contributed by atoms with Gasteiger partial charge in [-0.3, -0.25) is 0 Å². The Morgan fingerprint density at radius 1 is 1.18 bits per heavy atom. The maximum Gasteiger partial charge on any atom is 0.319 e. The van der Waals surface area contributed by atoms with Gasteiger partial charge >= 0.3 is 6.03 Å². The molecule has 0 aliphatic heterocycles. The Kier molecular flexibility index (Phi) is 6.15. The highest BCUT2D eigenvalue weighted by atomic mass is 16.2. The number of nitrogens with one attached hydrogen (secondary N) is 2. The second kappa shape index (κ2) is 7.71. The topological polar surface area (TPSA) is 41.1 Å². The number of carbonyl (C=O) groups is 1. The van der Waals surface area contributed by atoms with E-state index in [1.807, 2.05) is 18.2 Å². The zero-order chi connectivity index (χ0) is 12.5. The van der Waals surface area contributed by atoms with E-state index >= 15 is 0 Å². The van der Waals surface area contributed by atoms with Crippen LogP contribution in [0.15, 0.2) is 24.3 Å². The Morgan fingerprint density at radius 3 is 2.65 bits per heavy atom. The van der Waals surface area contributed by atoms with E-state index in [2.05, 4.69) is 30.5 Å². The molecular weight excluding hydrogens is 212 g/mol. The lowest BCUT2D eigenvalue weighted by Gasteiger charge is -2.11. The van der Waals surface area contributed by atoms with E-state index in [0.29, 0.717) is 0 Å². The third-order valence-electron chi connectivity index (χ3n) is 2.60. The van der Waals surface area contributed by atoms with E-state index in [1.54, 1.807) is 0 Å². The van der Waals surface area contributed by atoms with Crippen molar-refractivity contribution in [2.75, 3.05) is 11.9 Å². The molecule has 0 aliphatic carbocycles. The smallest absolute Gasteiger partial charge is 0.319 e. The number of hydrogen-bond acceptors (Lipinski definition) is 1. The summed E-state index contributed by atoms with van der Waals surface area (Å²) < 4.78 is 0. The molecule has 0 unspecified atom stereocenters. The predicted molar refractivity (Wildman–Crippen MR) is 72.4 cm³/mol. The molecule has 0 saturated carbocycles. The van der Waals surface area contributed by atoms with Crippen molar-refractivity contribution in [3.8, 4) is 0 Å². The third kappa shape index (κ3) is 4.89. The standard InChI is InChI=1S/C14H22N2O/c1-3-5-11-15-14(17)16-13-10-7-6-9-12(13)8-4-2/h6-7,9-10H,3-5,8,11H2,1-2H3,(H2,15,16,17). The number of urea groups is 1. The summed E-state index contributed by atoms with van der Waals surface area (Å²) in [7, 11) is 0. The molecule has 17 heavy (non-hydrogen) atoms. The van der Waals surface area contributed by atoms with Crippen LogP contribution in [0.5, 0.6) is 0 Å². The zero-order valence-electron chi connectivity index (χ0n) is 10.8. The van der Waals surface area contributed by atoms with Gasteiger partial charge in [0.2, 0.25) is 0 Å². The summed E-state index contributed by atoms with van der Waals surface area (Å²) in [4.78, 5) is 11.6. The van der Waals surface area contributed by atoms with E-state index in [9.17, 15) is 4.79 Å². The first-order valence-corrected chi connectivity index (χ1v) is 6.40. The SMILES string of the molecule is CCCCNC(=O)Nc1ccccc1CCC. The van der Waals surface area contributed by atoms with Gasteiger partial charge in [0.1, 0.15) is 0 Å². The normalized spacial score (nSPS) is 10.0. The van der Waals surface area contributed by atoms with Crippen LogP contribution in [0.4, 0.5) is 10.5 Å². The van der Waals surface area contributed by atoms with Gasteiger partial charge in [0.05, 0.1) is 0 Å². The van der Waals surface area contributed by atoms with Crippen molar-refractivity contribution >= 4 is 11.7 Å². The second-order valence-corrected chi connectivity index (χ2v) is 4.14. The van der Waals surface area contributed by atoms with Crippen molar-refractivity contribution in [2.45, 2.75) is 39.5 Å². The van der Waals surface area contributed by atoms with Crippen LogP contribution >= 0.6 is 0 Å². The molecule has 2 amide bonds. The van der Waals surface area contributed by atoms with Crippen LogP contribution in [-0.2, 0) is 6.42 Å². The molecule has 0 spiro atoms. The molecule has 0 atom stereocenters. The van der Waals surface area contributed by atoms with Crippen LogP contribution in [0.3, 0.4) is 0 Å². The Hall–Kier alpha value is -1.51. The van der Waals surface area contributed by atoms with Crippen molar-refractivity contribution in [2.24, 2.45) is 0 Å². The fourth-order valence-corrected chi connectivity index (χ4v) is 1.67. The quantitative estimate of drug-likeness (QED) is 0.726. The summed E-state index contributed by atoms with van der Waals surface area (Å²) in [6, 6.07) is 7.85. The van der Waals surface area contributed by atoms with Gasteiger partial charge < -0.3 is 10.6 Å². The van der Waals surface area contributed by atoms with Gasteiger partial charge in [-0.1, -0.05) is 44.9 Å². The summed E-state index contributed by atoms with van der Waals surface area (Å²) in [5, 5.41) is 5.76. The van der Waals surface area contributed by atoms with Crippen LogP contribution in [0, 0.1) is 0 Å². The van der Waals surface area contributed by atoms with Crippen molar-refractivity contribution in [1.29, 1.82) is 0 Å². The highest BCUT2D eigenvalue weighted by Gasteiger charge is 2.04. The number of rotatable bonds is 6. The van der Waals surface area contributed by atoms with E-state index in [-0.39, 0.29) is 6.03 Å². The molecule has 0 aromatic heterocycles. The number of anilines is 1. The average Bonchev–Trinajstić information content (AvgIpc) is 2.32. The third-order valence-corrected chi connectivity index (χ3v) is 2.60. The van der Waals surface area contributed by atoms with Gasteiger partial charge in [-0.15, -0.1) is 0 Å². The molecule has 3 heteroatoms. The minimum absolute atomic E-state index is 0.109. The number of amides is 2.